The average molecular weight is 285 g/mol. The van der Waals surface area contributed by atoms with Crippen molar-refractivity contribution in [1.29, 1.82) is 0 Å². The van der Waals surface area contributed by atoms with Gasteiger partial charge in [0, 0.05) is 0 Å². The molecule has 21 heavy (non-hydrogen) atoms. The number of ether oxygens (including phenoxy) is 2. The van der Waals surface area contributed by atoms with Gasteiger partial charge in [0.25, 0.3) is 0 Å². The van der Waals surface area contributed by atoms with E-state index >= 15 is 0 Å². The Hall–Kier alpha value is -2.49. The van der Waals surface area contributed by atoms with Gasteiger partial charge in [-0.05, 0) is 60.4 Å². The summed E-state index contributed by atoms with van der Waals surface area (Å²) >= 11 is 0. The van der Waals surface area contributed by atoms with E-state index < -0.39 is 0 Å². The molecule has 2 rings (SSSR count). The summed E-state index contributed by atoms with van der Waals surface area (Å²) in [4.78, 5) is 0. The minimum absolute atomic E-state index is 0.661. The summed E-state index contributed by atoms with van der Waals surface area (Å²) in [5.41, 5.74) is 2.73. The molecule has 2 aromatic carbocycles. The summed E-state index contributed by atoms with van der Waals surface area (Å²) in [6, 6.07) is 15.4. The largest absolute Gasteiger partial charge is 0.497 e. The molecule has 0 fully saturated rings. The summed E-state index contributed by atoms with van der Waals surface area (Å²) in [5.74, 6) is 1.62. The van der Waals surface area contributed by atoms with E-state index in [2.05, 4.69) is 5.16 Å². The van der Waals surface area contributed by atoms with Crippen molar-refractivity contribution in [3.63, 3.8) is 0 Å². The molecule has 0 unspecified atom stereocenters. The number of nitrogens with zero attached hydrogens (tertiary/aromatic N) is 1. The number of oxime groups is 1. The Labute approximate surface area is 124 Å². The van der Waals surface area contributed by atoms with Gasteiger partial charge >= 0.3 is 0 Å². The van der Waals surface area contributed by atoms with Crippen LogP contribution < -0.4 is 9.47 Å². The highest BCUT2D eigenvalue weighted by atomic mass is 16.5. The topological polar surface area (TPSA) is 51.0 Å². The minimum atomic E-state index is 0.661. The summed E-state index contributed by atoms with van der Waals surface area (Å²) in [5, 5.41) is 12.6. The molecule has 0 aliphatic rings. The quantitative estimate of drug-likeness (QED) is 0.502. The molecule has 0 amide bonds. The van der Waals surface area contributed by atoms with Gasteiger partial charge in [-0.1, -0.05) is 17.3 Å². The van der Waals surface area contributed by atoms with Gasteiger partial charge in [-0.3, -0.25) is 0 Å². The lowest BCUT2D eigenvalue weighted by atomic mass is 10.0. The molecule has 0 aliphatic heterocycles. The summed E-state index contributed by atoms with van der Waals surface area (Å²) in [6.45, 7) is 0. The molecule has 0 spiro atoms. The van der Waals surface area contributed by atoms with E-state index in [0.29, 0.717) is 12.1 Å². The van der Waals surface area contributed by atoms with Gasteiger partial charge in [0.05, 0.1) is 19.9 Å². The first kappa shape index (κ1) is 14.9. The van der Waals surface area contributed by atoms with Crippen LogP contribution in [0.3, 0.4) is 0 Å². The lowest BCUT2D eigenvalue weighted by Crippen LogP contribution is -2.03. The predicted molar refractivity (Wildman–Crippen MR) is 82.6 cm³/mol. The standard InChI is InChI=1S/C17H19NO3/c1-20-15-8-3-13(4-9-15)5-12-17(18-19)14-6-10-16(21-2)11-7-14/h3-4,6-11,19H,5,12H2,1-2H3/b18-17+. The van der Waals surface area contributed by atoms with E-state index in [1.54, 1.807) is 14.2 Å². The highest BCUT2D eigenvalue weighted by Crippen LogP contribution is 2.16. The van der Waals surface area contributed by atoms with E-state index in [0.717, 1.165) is 23.5 Å². The van der Waals surface area contributed by atoms with Gasteiger partial charge < -0.3 is 14.7 Å². The molecule has 0 bridgehead atoms. The predicted octanol–water partition coefficient (Wildman–Crippen LogP) is 3.51. The number of aryl methyl sites for hydroxylation is 1. The Balaban J connectivity index is 2.01. The molecule has 2 aromatic rings. The lowest BCUT2D eigenvalue weighted by molar-refractivity contribution is 0.318. The minimum Gasteiger partial charge on any atom is -0.497 e. The van der Waals surface area contributed by atoms with Crippen molar-refractivity contribution in [3.8, 4) is 11.5 Å². The van der Waals surface area contributed by atoms with Crippen LogP contribution >= 0.6 is 0 Å². The fraction of sp³-hybridized carbons (Fsp3) is 0.235. The number of methoxy groups -OCH3 is 2. The second-order valence-electron chi connectivity index (χ2n) is 4.62. The Morgan fingerprint density at radius 1 is 0.905 bits per heavy atom. The van der Waals surface area contributed by atoms with Crippen molar-refractivity contribution in [3.05, 3.63) is 59.7 Å². The SMILES string of the molecule is COc1ccc(CC/C(=N\O)c2ccc(OC)cc2)cc1. The smallest absolute Gasteiger partial charge is 0.118 e. The maximum Gasteiger partial charge on any atom is 0.118 e. The second kappa shape index (κ2) is 7.33. The Morgan fingerprint density at radius 2 is 1.43 bits per heavy atom. The van der Waals surface area contributed by atoms with Gasteiger partial charge in [-0.15, -0.1) is 0 Å². The number of hydrogen-bond donors (Lipinski definition) is 1. The highest BCUT2D eigenvalue weighted by molar-refractivity contribution is 6.00. The van der Waals surface area contributed by atoms with Crippen molar-refractivity contribution in [2.45, 2.75) is 12.8 Å². The van der Waals surface area contributed by atoms with Gasteiger partial charge in [0.2, 0.25) is 0 Å². The molecular weight excluding hydrogens is 266 g/mol. The maximum atomic E-state index is 9.20. The van der Waals surface area contributed by atoms with Crippen molar-refractivity contribution in [2.75, 3.05) is 14.2 Å². The van der Waals surface area contributed by atoms with E-state index in [-0.39, 0.29) is 0 Å². The van der Waals surface area contributed by atoms with Crippen molar-refractivity contribution in [2.24, 2.45) is 5.16 Å². The molecule has 0 atom stereocenters. The Kier molecular flexibility index (Phi) is 5.21. The van der Waals surface area contributed by atoms with Crippen LogP contribution in [0.25, 0.3) is 0 Å². The fourth-order valence-corrected chi connectivity index (χ4v) is 2.09. The molecule has 0 aliphatic carbocycles. The van der Waals surface area contributed by atoms with Gasteiger partial charge in [0.1, 0.15) is 11.5 Å². The van der Waals surface area contributed by atoms with E-state index in [9.17, 15) is 5.21 Å². The van der Waals surface area contributed by atoms with Gasteiger partial charge in [-0.25, -0.2) is 0 Å². The summed E-state index contributed by atoms with van der Waals surface area (Å²) in [6.07, 6.45) is 1.46. The molecule has 0 radical (unpaired) electrons. The van der Waals surface area contributed by atoms with Crippen LogP contribution in [0, 0.1) is 0 Å². The molecule has 110 valence electrons. The number of benzene rings is 2. The zero-order valence-electron chi connectivity index (χ0n) is 12.2. The van der Waals surface area contributed by atoms with Crippen LogP contribution in [-0.4, -0.2) is 25.1 Å². The Bertz CT molecular complexity index is 588. The monoisotopic (exact) mass is 285 g/mol. The first-order valence-electron chi connectivity index (χ1n) is 6.75. The second-order valence-corrected chi connectivity index (χ2v) is 4.62. The van der Waals surface area contributed by atoms with Crippen molar-refractivity contribution < 1.29 is 14.7 Å². The molecule has 0 saturated heterocycles. The first-order valence-corrected chi connectivity index (χ1v) is 6.75. The summed E-state index contributed by atoms with van der Waals surface area (Å²) in [7, 11) is 3.27. The van der Waals surface area contributed by atoms with Crippen LogP contribution in [0.15, 0.2) is 53.7 Å². The first-order chi connectivity index (χ1) is 10.3. The molecule has 0 saturated carbocycles. The average Bonchev–Trinajstić information content (AvgIpc) is 2.56. The number of hydrogen-bond acceptors (Lipinski definition) is 4. The maximum absolute atomic E-state index is 9.20. The Morgan fingerprint density at radius 3 is 1.90 bits per heavy atom. The zero-order chi connectivity index (χ0) is 15.1. The molecular formula is C17H19NO3. The van der Waals surface area contributed by atoms with E-state index in [1.165, 1.54) is 5.56 Å². The van der Waals surface area contributed by atoms with Crippen LogP contribution in [0.2, 0.25) is 0 Å². The third-order valence-corrected chi connectivity index (χ3v) is 3.35. The fourth-order valence-electron chi connectivity index (χ4n) is 2.09. The van der Waals surface area contributed by atoms with Gasteiger partial charge in [0.15, 0.2) is 0 Å². The molecule has 4 nitrogen and oxygen atoms in total. The number of rotatable bonds is 6. The van der Waals surface area contributed by atoms with E-state index in [1.807, 2.05) is 48.5 Å². The molecule has 1 N–H and O–H groups in total. The van der Waals surface area contributed by atoms with Crippen LogP contribution in [0.4, 0.5) is 0 Å². The molecule has 4 heteroatoms. The van der Waals surface area contributed by atoms with Crippen molar-refractivity contribution in [1.82, 2.24) is 0 Å². The highest BCUT2D eigenvalue weighted by Gasteiger charge is 2.06. The van der Waals surface area contributed by atoms with Gasteiger partial charge in [-0.2, -0.15) is 0 Å². The molecule has 0 heterocycles. The zero-order valence-corrected chi connectivity index (χ0v) is 12.2. The lowest BCUT2D eigenvalue weighted by Gasteiger charge is -2.07. The third-order valence-electron chi connectivity index (χ3n) is 3.35. The normalized spacial score (nSPS) is 11.2. The van der Waals surface area contributed by atoms with Crippen molar-refractivity contribution >= 4 is 5.71 Å². The van der Waals surface area contributed by atoms with Crippen LogP contribution in [0.5, 0.6) is 11.5 Å². The third kappa shape index (κ3) is 3.99. The van der Waals surface area contributed by atoms with Crippen LogP contribution in [-0.2, 0) is 6.42 Å². The van der Waals surface area contributed by atoms with E-state index in [4.69, 9.17) is 9.47 Å². The van der Waals surface area contributed by atoms with Crippen LogP contribution in [0.1, 0.15) is 17.5 Å². The summed E-state index contributed by atoms with van der Waals surface area (Å²) < 4.78 is 10.3. The molecule has 0 aromatic heterocycles.